The van der Waals surface area contributed by atoms with Crippen molar-refractivity contribution < 1.29 is 34.2 Å². The minimum absolute atomic E-state index is 0.0283. The molecule has 2 amide bonds. The molecular weight excluding hydrogens is 639 g/mol. The van der Waals surface area contributed by atoms with Crippen LogP contribution in [0.2, 0.25) is 0 Å². The minimum Gasteiger partial charge on any atom is -0.479 e. The van der Waals surface area contributed by atoms with Crippen LogP contribution >= 0.6 is 35.1 Å². The number of nitrogens with zero attached hydrogens (tertiary/aromatic N) is 9. The van der Waals surface area contributed by atoms with Gasteiger partial charge in [-0.2, -0.15) is 9.36 Å². The largest absolute Gasteiger partial charge is 0.479 e. The van der Waals surface area contributed by atoms with Gasteiger partial charge >= 0.3 is 11.9 Å². The first-order valence-electron chi connectivity index (χ1n) is 13.6. The number of piperidine rings is 1. The lowest BCUT2D eigenvalue weighted by Crippen LogP contribution is -2.71. The number of hydrogen-bond donors (Lipinski definition) is 4. The van der Waals surface area contributed by atoms with Gasteiger partial charge in [0.25, 0.3) is 11.8 Å². The van der Waals surface area contributed by atoms with E-state index < -0.39 is 47.5 Å². The zero-order valence-corrected chi connectivity index (χ0v) is 25.6. The predicted octanol–water partition coefficient (Wildman–Crippen LogP) is -0.681. The second-order valence-corrected chi connectivity index (χ2v) is 12.7. The summed E-state index contributed by atoms with van der Waals surface area (Å²) in [5.74, 6) is -3.81. The maximum Gasteiger partial charge on any atom is 0.352 e. The van der Waals surface area contributed by atoms with Crippen LogP contribution in [0, 0.1) is 0 Å². The molecule has 1 unspecified atom stereocenters. The van der Waals surface area contributed by atoms with Gasteiger partial charge in [0.1, 0.15) is 17.1 Å². The maximum atomic E-state index is 13.1. The Morgan fingerprint density at radius 2 is 1.98 bits per heavy atom. The summed E-state index contributed by atoms with van der Waals surface area (Å²) in [6.07, 6.45) is 4.60. The monoisotopic (exact) mass is 667 g/mol. The summed E-state index contributed by atoms with van der Waals surface area (Å²) in [6, 6.07) is -1.08. The molecule has 0 radical (unpaired) electrons. The number of aryl methyl sites for hydroxylation is 1. The number of oxime groups is 1. The number of tetrazole rings is 1. The predicted molar refractivity (Wildman–Crippen MR) is 158 cm³/mol. The van der Waals surface area contributed by atoms with Gasteiger partial charge in [0, 0.05) is 29.6 Å². The quantitative estimate of drug-likeness (QED) is 0.0843. The van der Waals surface area contributed by atoms with Gasteiger partial charge in [-0.1, -0.05) is 23.3 Å². The van der Waals surface area contributed by atoms with Gasteiger partial charge in [-0.25, -0.2) is 14.3 Å². The molecule has 21 heteroatoms. The van der Waals surface area contributed by atoms with Gasteiger partial charge < -0.3 is 31.0 Å². The highest BCUT2D eigenvalue weighted by atomic mass is 32.2. The number of hydrogen-bond acceptors (Lipinski definition) is 16. The number of carbonyl (C=O) groups excluding carboxylic acids is 2. The molecule has 0 aromatic carbocycles. The van der Waals surface area contributed by atoms with Crippen molar-refractivity contribution in [2.45, 2.75) is 48.8 Å². The first-order chi connectivity index (χ1) is 21.2. The third-order valence-corrected chi connectivity index (χ3v) is 9.84. The summed E-state index contributed by atoms with van der Waals surface area (Å²) in [5, 5.41) is 36.7. The van der Waals surface area contributed by atoms with Gasteiger partial charge in [-0.15, -0.1) is 16.9 Å². The van der Waals surface area contributed by atoms with Gasteiger partial charge in [-0.05, 0) is 54.9 Å². The van der Waals surface area contributed by atoms with Crippen LogP contribution in [-0.4, -0.2) is 128 Å². The number of rotatable bonds is 14. The number of nitrogens with two attached hydrogens (primary N) is 1. The molecule has 5 heterocycles. The summed E-state index contributed by atoms with van der Waals surface area (Å²) < 4.78 is 5.61. The van der Waals surface area contributed by atoms with E-state index in [4.69, 9.17) is 15.7 Å². The van der Waals surface area contributed by atoms with Gasteiger partial charge in [0.05, 0.1) is 0 Å². The van der Waals surface area contributed by atoms with Crippen molar-refractivity contribution in [1.29, 1.82) is 0 Å². The molecule has 0 bridgehead atoms. The van der Waals surface area contributed by atoms with Crippen molar-refractivity contribution in [2.75, 3.05) is 43.5 Å². The Morgan fingerprint density at radius 3 is 2.68 bits per heavy atom. The van der Waals surface area contributed by atoms with E-state index in [2.05, 4.69) is 40.3 Å². The fourth-order valence-corrected chi connectivity index (χ4v) is 7.71. The Labute approximate surface area is 262 Å². The normalized spacial score (nSPS) is 20.7. The van der Waals surface area contributed by atoms with Crippen LogP contribution in [0.3, 0.4) is 0 Å². The Hall–Kier alpha value is -3.82. The topological polar surface area (TPSA) is 244 Å². The van der Waals surface area contributed by atoms with Crippen LogP contribution in [0.4, 0.5) is 5.13 Å². The van der Waals surface area contributed by atoms with E-state index in [0.29, 0.717) is 23.0 Å². The van der Waals surface area contributed by atoms with E-state index in [1.807, 2.05) is 0 Å². The molecule has 3 aliphatic heterocycles. The zero-order valence-electron chi connectivity index (χ0n) is 23.2. The molecule has 0 saturated carbocycles. The van der Waals surface area contributed by atoms with Crippen LogP contribution in [0.25, 0.3) is 0 Å². The maximum absolute atomic E-state index is 13.1. The second kappa shape index (κ2) is 14.3. The second-order valence-electron chi connectivity index (χ2n) is 9.91. The summed E-state index contributed by atoms with van der Waals surface area (Å²) in [5.41, 5.74) is 5.49. The van der Waals surface area contributed by atoms with E-state index >= 15 is 0 Å². The molecule has 2 aromatic heterocycles. The number of fused-ring (bicyclic) bond motifs is 1. The van der Waals surface area contributed by atoms with Crippen molar-refractivity contribution in [3.63, 3.8) is 0 Å². The number of carbonyl (C=O) groups is 4. The van der Waals surface area contributed by atoms with E-state index in [9.17, 15) is 24.3 Å². The molecule has 0 spiro atoms. The molecule has 5 N–H and O–H groups in total. The number of likely N-dealkylation sites (tertiary alicyclic amines) is 1. The summed E-state index contributed by atoms with van der Waals surface area (Å²) >= 11 is 3.37. The smallest absolute Gasteiger partial charge is 0.352 e. The molecule has 0 aliphatic carbocycles. The van der Waals surface area contributed by atoms with E-state index in [0.717, 1.165) is 42.5 Å². The van der Waals surface area contributed by atoms with Crippen LogP contribution in [-0.2, 0) is 30.6 Å². The highest BCUT2D eigenvalue weighted by Crippen LogP contribution is 2.41. The number of carboxylic acids is 2. The number of anilines is 1. The Bertz CT molecular complexity index is 1470. The lowest BCUT2D eigenvalue weighted by Gasteiger charge is -2.49. The van der Waals surface area contributed by atoms with Gasteiger partial charge in [0.2, 0.25) is 23.3 Å². The van der Waals surface area contributed by atoms with Crippen LogP contribution in [0.5, 0.6) is 0 Å². The first-order valence-corrected chi connectivity index (χ1v) is 16.4. The van der Waals surface area contributed by atoms with E-state index in [-0.39, 0.29) is 22.4 Å². The Morgan fingerprint density at radius 1 is 1.18 bits per heavy atom. The molecule has 2 atom stereocenters. The highest BCUT2D eigenvalue weighted by molar-refractivity contribution is 8.01. The third-order valence-electron chi connectivity index (χ3n) is 6.92. The van der Waals surface area contributed by atoms with Crippen molar-refractivity contribution in [2.24, 2.45) is 5.16 Å². The molecule has 44 heavy (non-hydrogen) atoms. The lowest BCUT2D eigenvalue weighted by molar-refractivity contribution is -0.150. The highest BCUT2D eigenvalue weighted by Gasteiger charge is 2.54. The van der Waals surface area contributed by atoms with Crippen LogP contribution < -0.4 is 11.1 Å². The number of nitrogens with one attached hydrogen (secondary N) is 1. The van der Waals surface area contributed by atoms with Crippen LogP contribution in [0.1, 0.15) is 31.5 Å². The summed E-state index contributed by atoms with van der Waals surface area (Å²) in [4.78, 5) is 61.4. The van der Waals surface area contributed by atoms with Crippen molar-refractivity contribution in [3.05, 3.63) is 17.1 Å². The summed E-state index contributed by atoms with van der Waals surface area (Å²) in [7, 11) is 0. The molecule has 18 nitrogen and oxygen atoms in total. The number of amides is 2. The summed E-state index contributed by atoms with van der Waals surface area (Å²) in [6.45, 7) is 2.98. The number of β-lactam (4-membered cyclic amide) rings is 1. The van der Waals surface area contributed by atoms with E-state index in [1.54, 1.807) is 4.68 Å². The molecule has 236 valence electrons. The standard InChI is InChI=1S/C23H29N11O7S3/c24-22-26-17(29-44-22)14(28-41-9-13(35)36)18(37)25-15-19(38)34-16(21(39)40)12(10-42-20(15)34)11-43-23-27-30-31-33(23)8-4-7-32-5-2-1-3-6-32/h15,20H,1-11H2,(H,25,37)(H,35,36)(H,39,40)(H2,24,26,29)/b28-14-/t15?,20-/m1/s1. The number of thioether (sulfide) groups is 2. The molecule has 3 aliphatic rings. The van der Waals surface area contributed by atoms with Crippen LogP contribution in [0.15, 0.2) is 21.6 Å². The van der Waals surface area contributed by atoms with Crippen molar-refractivity contribution >= 4 is 69.7 Å². The average molecular weight is 668 g/mol. The fraction of sp³-hybridized carbons (Fsp3) is 0.565. The van der Waals surface area contributed by atoms with E-state index in [1.165, 1.54) is 42.8 Å². The number of nitrogen functional groups attached to an aromatic ring is 1. The molecule has 2 saturated heterocycles. The van der Waals surface area contributed by atoms with Crippen molar-refractivity contribution in [1.82, 2.24) is 44.7 Å². The third kappa shape index (κ3) is 7.27. The molecule has 5 rings (SSSR count). The SMILES string of the molecule is Nc1nc(/C(=N/OCC(=O)O)C(=O)NC2C(=O)N3C(C(=O)O)=C(CSc4nnnn4CCCN4CCCCC4)CS[C@H]23)ns1. The zero-order chi connectivity index (χ0) is 31.2. The minimum atomic E-state index is -1.33. The lowest BCUT2D eigenvalue weighted by atomic mass is 10.0. The molecular formula is C23H29N11O7S3. The Balaban J connectivity index is 1.22. The first kappa shape index (κ1) is 31.6. The fourth-order valence-electron chi connectivity index (χ4n) is 4.89. The van der Waals surface area contributed by atoms with Gasteiger partial charge in [0.15, 0.2) is 5.13 Å². The van der Waals surface area contributed by atoms with Gasteiger partial charge in [-0.3, -0.25) is 14.5 Å². The average Bonchev–Trinajstić information content (AvgIpc) is 3.65. The number of carboxylic acid groups (broad SMARTS) is 2. The Kier molecular flexibility index (Phi) is 10.3. The molecule has 2 aromatic rings. The number of aromatic nitrogens is 6. The van der Waals surface area contributed by atoms with Crippen molar-refractivity contribution in [3.8, 4) is 0 Å². The molecule has 2 fully saturated rings. The number of aliphatic carboxylic acids is 2.